The Morgan fingerprint density at radius 3 is 2.52 bits per heavy atom. The van der Waals surface area contributed by atoms with E-state index < -0.39 is 0 Å². The molecule has 0 bridgehead atoms. The molecule has 3 nitrogen and oxygen atoms in total. The molecule has 118 valence electrons. The molecule has 0 aliphatic carbocycles. The lowest BCUT2D eigenvalue weighted by Gasteiger charge is -2.12. The quantitative estimate of drug-likeness (QED) is 0.662. The molecule has 0 fully saturated rings. The van der Waals surface area contributed by atoms with Crippen LogP contribution in [0.3, 0.4) is 0 Å². The molecule has 2 rings (SSSR count). The van der Waals surface area contributed by atoms with Crippen molar-refractivity contribution in [1.82, 2.24) is 5.32 Å². The molecule has 5 heteroatoms. The third kappa shape index (κ3) is 5.00. The van der Waals surface area contributed by atoms with Crippen LogP contribution in [0.25, 0.3) is 6.08 Å². The van der Waals surface area contributed by atoms with E-state index in [4.69, 9.17) is 12.2 Å². The van der Waals surface area contributed by atoms with Gasteiger partial charge < -0.3 is 5.32 Å². The molecule has 0 radical (unpaired) electrons. The summed E-state index contributed by atoms with van der Waals surface area (Å²) in [5.74, 6) is -0.664. The largest absolute Gasteiger partial charge is 0.332 e. The Labute approximate surface area is 140 Å². The zero-order chi connectivity index (χ0) is 16.8. The van der Waals surface area contributed by atoms with Gasteiger partial charge in [0.1, 0.15) is 5.82 Å². The van der Waals surface area contributed by atoms with E-state index in [1.165, 1.54) is 18.2 Å². The maximum Gasteiger partial charge on any atom is 0.250 e. The van der Waals surface area contributed by atoms with Crippen LogP contribution in [0.1, 0.15) is 16.7 Å². The van der Waals surface area contributed by atoms with Crippen molar-refractivity contribution in [3.05, 3.63) is 71.0 Å². The van der Waals surface area contributed by atoms with Crippen LogP contribution in [0.4, 0.5) is 10.1 Å². The first kappa shape index (κ1) is 16.8. The van der Waals surface area contributed by atoms with Crippen molar-refractivity contribution in [1.29, 1.82) is 0 Å². The standard InChI is InChI=1S/C18H17FN2OS/c1-12-4-3-5-16(13(12)2)20-18(23)21-17(22)11-8-14-6-9-15(19)10-7-14/h3-11H,1-2H3,(H2,20,21,22,23). The number of amides is 1. The Bertz CT molecular complexity index is 754. The molecule has 0 atom stereocenters. The predicted molar refractivity (Wildman–Crippen MR) is 95.7 cm³/mol. The topological polar surface area (TPSA) is 41.1 Å². The fraction of sp³-hybridized carbons (Fsp3) is 0.111. The lowest BCUT2D eigenvalue weighted by atomic mass is 10.1. The minimum atomic E-state index is -0.350. The molecule has 0 saturated heterocycles. The van der Waals surface area contributed by atoms with Crippen LogP contribution in [-0.4, -0.2) is 11.0 Å². The molecule has 0 unspecified atom stereocenters. The normalized spacial score (nSPS) is 10.6. The van der Waals surface area contributed by atoms with Gasteiger partial charge in [0.25, 0.3) is 0 Å². The van der Waals surface area contributed by atoms with E-state index in [2.05, 4.69) is 10.6 Å². The number of thiocarbonyl (C=S) groups is 1. The van der Waals surface area contributed by atoms with E-state index in [1.807, 2.05) is 32.0 Å². The summed E-state index contributed by atoms with van der Waals surface area (Å²) in [4.78, 5) is 11.8. The van der Waals surface area contributed by atoms with E-state index in [-0.39, 0.29) is 16.8 Å². The number of hydrogen-bond acceptors (Lipinski definition) is 2. The van der Waals surface area contributed by atoms with Crippen LogP contribution in [0.15, 0.2) is 48.5 Å². The molecule has 0 spiro atoms. The van der Waals surface area contributed by atoms with Crippen molar-refractivity contribution < 1.29 is 9.18 Å². The molecule has 0 heterocycles. The van der Waals surface area contributed by atoms with Gasteiger partial charge in [0, 0.05) is 11.8 Å². The average molecular weight is 328 g/mol. The van der Waals surface area contributed by atoms with Crippen LogP contribution >= 0.6 is 12.2 Å². The van der Waals surface area contributed by atoms with Crippen LogP contribution in [0, 0.1) is 19.7 Å². The molecule has 1 amide bonds. The smallest absolute Gasteiger partial charge is 0.250 e. The summed E-state index contributed by atoms with van der Waals surface area (Å²) >= 11 is 5.14. The summed E-state index contributed by atoms with van der Waals surface area (Å²) in [6.45, 7) is 3.99. The van der Waals surface area contributed by atoms with Gasteiger partial charge in [-0.3, -0.25) is 10.1 Å². The number of anilines is 1. The zero-order valence-electron chi connectivity index (χ0n) is 12.9. The van der Waals surface area contributed by atoms with E-state index >= 15 is 0 Å². The number of carbonyl (C=O) groups is 1. The van der Waals surface area contributed by atoms with Gasteiger partial charge in [0.2, 0.25) is 5.91 Å². The van der Waals surface area contributed by atoms with E-state index in [1.54, 1.807) is 18.2 Å². The molecule has 2 aromatic rings. The molecular formula is C18H17FN2OS. The first-order valence-electron chi connectivity index (χ1n) is 7.07. The zero-order valence-corrected chi connectivity index (χ0v) is 13.7. The third-order valence-electron chi connectivity index (χ3n) is 3.39. The molecule has 0 aliphatic rings. The molecule has 2 N–H and O–H groups in total. The average Bonchev–Trinajstić information content (AvgIpc) is 2.51. The summed E-state index contributed by atoms with van der Waals surface area (Å²) in [6.07, 6.45) is 2.94. The van der Waals surface area contributed by atoms with Crippen LogP contribution in [-0.2, 0) is 4.79 Å². The minimum absolute atomic E-state index is 0.229. The number of halogens is 1. The fourth-order valence-electron chi connectivity index (χ4n) is 1.94. The van der Waals surface area contributed by atoms with Crippen LogP contribution in [0.2, 0.25) is 0 Å². The Kier molecular flexibility index (Phi) is 5.60. The van der Waals surface area contributed by atoms with Crippen molar-refractivity contribution in [3.63, 3.8) is 0 Å². The second-order valence-corrected chi connectivity index (χ2v) is 5.48. The molecule has 0 saturated carbocycles. The summed E-state index contributed by atoms with van der Waals surface area (Å²) in [5, 5.41) is 5.81. The minimum Gasteiger partial charge on any atom is -0.332 e. The van der Waals surface area contributed by atoms with Crippen LogP contribution in [0.5, 0.6) is 0 Å². The molecule has 23 heavy (non-hydrogen) atoms. The highest BCUT2D eigenvalue weighted by molar-refractivity contribution is 7.80. The summed E-state index contributed by atoms with van der Waals surface area (Å²) in [7, 11) is 0. The van der Waals surface area contributed by atoms with Gasteiger partial charge in [-0.25, -0.2) is 4.39 Å². The van der Waals surface area contributed by atoms with E-state index in [0.29, 0.717) is 0 Å². The lowest BCUT2D eigenvalue weighted by Crippen LogP contribution is -2.33. The summed E-state index contributed by atoms with van der Waals surface area (Å²) < 4.78 is 12.8. The second kappa shape index (κ2) is 7.65. The van der Waals surface area contributed by atoms with Crippen molar-refractivity contribution in [2.45, 2.75) is 13.8 Å². The third-order valence-corrected chi connectivity index (χ3v) is 3.59. The predicted octanol–water partition coefficient (Wildman–Crippen LogP) is 3.97. The first-order chi connectivity index (χ1) is 11.0. The van der Waals surface area contributed by atoms with E-state index in [9.17, 15) is 9.18 Å². The molecule has 0 aromatic heterocycles. The van der Waals surface area contributed by atoms with Crippen molar-refractivity contribution >= 4 is 35.0 Å². The maximum absolute atomic E-state index is 12.8. The highest BCUT2D eigenvalue weighted by Crippen LogP contribution is 2.17. The van der Waals surface area contributed by atoms with Gasteiger partial charge in [-0.1, -0.05) is 24.3 Å². The van der Waals surface area contributed by atoms with E-state index in [0.717, 1.165) is 22.4 Å². The number of nitrogens with one attached hydrogen (secondary N) is 2. The van der Waals surface area contributed by atoms with Crippen molar-refractivity contribution in [2.75, 3.05) is 5.32 Å². The number of hydrogen-bond donors (Lipinski definition) is 2. The fourth-order valence-corrected chi connectivity index (χ4v) is 2.15. The summed E-state index contributed by atoms with van der Waals surface area (Å²) in [6, 6.07) is 11.7. The summed E-state index contributed by atoms with van der Waals surface area (Å²) in [5.41, 5.74) is 3.80. The van der Waals surface area contributed by atoms with Gasteiger partial charge in [0.05, 0.1) is 0 Å². The van der Waals surface area contributed by atoms with Gasteiger partial charge in [-0.2, -0.15) is 0 Å². The highest BCUT2D eigenvalue weighted by atomic mass is 32.1. The highest BCUT2D eigenvalue weighted by Gasteiger charge is 2.05. The van der Waals surface area contributed by atoms with Gasteiger partial charge in [-0.05, 0) is 67.0 Å². The Hall–Kier alpha value is -2.53. The lowest BCUT2D eigenvalue weighted by molar-refractivity contribution is -0.115. The molecular weight excluding hydrogens is 311 g/mol. The Morgan fingerprint density at radius 2 is 1.83 bits per heavy atom. The number of aryl methyl sites for hydroxylation is 1. The first-order valence-corrected chi connectivity index (χ1v) is 7.48. The number of carbonyl (C=O) groups excluding carboxylic acids is 1. The Balaban J connectivity index is 1.93. The number of benzene rings is 2. The van der Waals surface area contributed by atoms with Crippen LogP contribution < -0.4 is 10.6 Å². The van der Waals surface area contributed by atoms with Gasteiger partial charge >= 0.3 is 0 Å². The second-order valence-electron chi connectivity index (χ2n) is 5.08. The SMILES string of the molecule is Cc1cccc(NC(=S)NC(=O)C=Cc2ccc(F)cc2)c1C. The maximum atomic E-state index is 12.8. The molecule has 0 aliphatic heterocycles. The van der Waals surface area contributed by atoms with Gasteiger partial charge in [0.15, 0.2) is 5.11 Å². The van der Waals surface area contributed by atoms with Crippen molar-refractivity contribution in [3.8, 4) is 0 Å². The number of rotatable bonds is 3. The monoisotopic (exact) mass is 328 g/mol. The van der Waals surface area contributed by atoms with Gasteiger partial charge in [-0.15, -0.1) is 0 Å². The molecule has 2 aromatic carbocycles. The van der Waals surface area contributed by atoms with Crippen molar-refractivity contribution in [2.24, 2.45) is 0 Å². The Morgan fingerprint density at radius 1 is 1.13 bits per heavy atom.